The lowest BCUT2D eigenvalue weighted by atomic mass is 10.2. The molecule has 2 aromatic heterocycles. The zero-order valence-electron chi connectivity index (χ0n) is 9.68. The molecule has 0 spiro atoms. The van der Waals surface area contributed by atoms with Gasteiger partial charge in [0.2, 0.25) is 0 Å². The van der Waals surface area contributed by atoms with Gasteiger partial charge in [0, 0.05) is 23.0 Å². The number of aromatic nitrogens is 1. The molecule has 2 heterocycles. The lowest BCUT2D eigenvalue weighted by molar-refractivity contribution is -0.131. The molecule has 0 aliphatic rings. The van der Waals surface area contributed by atoms with E-state index in [1.807, 2.05) is 47.0 Å². The number of pyridine rings is 1. The molecule has 4 heteroatoms. The van der Waals surface area contributed by atoms with E-state index >= 15 is 0 Å². The van der Waals surface area contributed by atoms with Crippen molar-refractivity contribution in [2.45, 2.75) is 6.92 Å². The van der Waals surface area contributed by atoms with Crippen molar-refractivity contribution in [1.29, 1.82) is 0 Å². The highest BCUT2D eigenvalue weighted by Gasteiger charge is 2.09. The summed E-state index contributed by atoms with van der Waals surface area (Å²) in [4.78, 5) is 11.1. The van der Waals surface area contributed by atoms with Crippen LogP contribution in [0.25, 0.3) is 16.4 Å². The van der Waals surface area contributed by atoms with Crippen molar-refractivity contribution in [3.05, 3.63) is 47.1 Å². The number of hydrogen-bond acceptors (Lipinski definition) is 2. The predicted molar refractivity (Wildman–Crippen MR) is 73.9 cm³/mol. The van der Waals surface area contributed by atoms with Gasteiger partial charge in [-0.3, -0.25) is 4.79 Å². The van der Waals surface area contributed by atoms with E-state index in [1.54, 1.807) is 0 Å². The lowest BCUT2D eigenvalue weighted by Gasteiger charge is -2.09. The van der Waals surface area contributed by atoms with Crippen LogP contribution in [0.15, 0.2) is 47.1 Å². The number of hydrogen-bond donors (Lipinski definition) is 0. The molecule has 0 amide bonds. The topological polar surface area (TPSA) is 30.7 Å². The lowest BCUT2D eigenvalue weighted by Crippen LogP contribution is -2.03. The summed E-state index contributed by atoms with van der Waals surface area (Å²) in [7, 11) is 0. The Bertz CT molecular complexity index is 761. The second-order valence-corrected chi connectivity index (χ2v) is 4.98. The van der Waals surface area contributed by atoms with E-state index < -0.39 is 0 Å². The molecule has 0 bridgehead atoms. The van der Waals surface area contributed by atoms with Crippen molar-refractivity contribution in [3.8, 4) is 5.75 Å². The Morgan fingerprint density at radius 3 is 2.83 bits per heavy atom. The third kappa shape index (κ3) is 1.78. The van der Waals surface area contributed by atoms with Crippen LogP contribution < -0.4 is 4.74 Å². The third-order valence-electron chi connectivity index (χ3n) is 2.79. The third-order valence-corrected chi connectivity index (χ3v) is 3.28. The number of benzene rings is 1. The highest BCUT2D eigenvalue weighted by molar-refractivity contribution is 9.10. The Hall–Kier alpha value is -1.81. The number of carbonyl (C=O) groups excluding carboxylic acids is 1. The molecule has 0 N–H and O–H groups in total. The molecule has 90 valence electrons. The molecule has 0 saturated carbocycles. The van der Waals surface area contributed by atoms with E-state index in [4.69, 9.17) is 4.74 Å². The van der Waals surface area contributed by atoms with Crippen molar-refractivity contribution in [1.82, 2.24) is 4.40 Å². The summed E-state index contributed by atoms with van der Waals surface area (Å²) in [5, 5.41) is 1.02. The van der Waals surface area contributed by atoms with Crippen LogP contribution in [-0.4, -0.2) is 10.4 Å². The molecule has 3 nitrogen and oxygen atoms in total. The SMILES string of the molecule is CC(=O)Oc1cc2cc(Br)ccc2n2cccc12. The van der Waals surface area contributed by atoms with Gasteiger partial charge in [-0.1, -0.05) is 15.9 Å². The van der Waals surface area contributed by atoms with Crippen LogP contribution in [0, 0.1) is 0 Å². The largest absolute Gasteiger partial charge is 0.424 e. The zero-order chi connectivity index (χ0) is 12.7. The standard InChI is InChI=1S/C14H10BrNO2/c1-9(17)18-14-8-10-7-11(15)4-5-12(10)16-6-2-3-13(14)16/h2-8H,1H3. The van der Waals surface area contributed by atoms with Crippen molar-refractivity contribution in [2.24, 2.45) is 0 Å². The summed E-state index contributed by atoms with van der Waals surface area (Å²) in [5.74, 6) is 0.269. The zero-order valence-corrected chi connectivity index (χ0v) is 11.3. The first-order valence-corrected chi connectivity index (χ1v) is 6.32. The second kappa shape index (κ2) is 4.14. The maximum absolute atomic E-state index is 11.1. The molecule has 0 fully saturated rings. The van der Waals surface area contributed by atoms with Crippen molar-refractivity contribution < 1.29 is 9.53 Å². The molecular formula is C14H10BrNO2. The molecule has 3 rings (SSSR count). The van der Waals surface area contributed by atoms with E-state index in [-0.39, 0.29) is 5.97 Å². The maximum atomic E-state index is 11.1. The number of nitrogens with zero attached hydrogens (tertiary/aromatic N) is 1. The Morgan fingerprint density at radius 1 is 1.22 bits per heavy atom. The predicted octanol–water partition coefficient (Wildman–Crippen LogP) is 3.78. The molecule has 0 atom stereocenters. The Kier molecular flexibility index (Phi) is 2.59. The van der Waals surface area contributed by atoms with Crippen LogP contribution >= 0.6 is 15.9 Å². The van der Waals surface area contributed by atoms with Crippen LogP contribution in [0.4, 0.5) is 0 Å². The van der Waals surface area contributed by atoms with Crippen LogP contribution in [0.1, 0.15) is 6.92 Å². The molecule has 3 aromatic rings. The highest BCUT2D eigenvalue weighted by atomic mass is 79.9. The first kappa shape index (κ1) is 11.3. The molecule has 0 unspecified atom stereocenters. The fraction of sp³-hybridized carbons (Fsp3) is 0.0714. The monoisotopic (exact) mass is 303 g/mol. The van der Waals surface area contributed by atoms with Crippen molar-refractivity contribution in [3.63, 3.8) is 0 Å². The highest BCUT2D eigenvalue weighted by Crippen LogP contribution is 2.29. The molecular weight excluding hydrogens is 294 g/mol. The number of carbonyl (C=O) groups is 1. The van der Waals surface area contributed by atoms with Gasteiger partial charge >= 0.3 is 5.97 Å². The van der Waals surface area contributed by atoms with E-state index in [2.05, 4.69) is 15.9 Å². The minimum Gasteiger partial charge on any atom is -0.424 e. The van der Waals surface area contributed by atoms with Gasteiger partial charge in [-0.15, -0.1) is 0 Å². The van der Waals surface area contributed by atoms with Gasteiger partial charge in [-0.05, 0) is 36.4 Å². The molecule has 0 aliphatic carbocycles. The summed E-state index contributed by atoms with van der Waals surface area (Å²) in [6, 6.07) is 11.8. The molecule has 0 radical (unpaired) electrons. The Morgan fingerprint density at radius 2 is 2.06 bits per heavy atom. The molecule has 0 saturated heterocycles. The number of fused-ring (bicyclic) bond motifs is 3. The fourth-order valence-corrected chi connectivity index (χ4v) is 2.48. The van der Waals surface area contributed by atoms with Gasteiger partial charge < -0.3 is 9.14 Å². The first-order valence-electron chi connectivity index (χ1n) is 5.53. The van der Waals surface area contributed by atoms with Gasteiger partial charge in [0.05, 0.1) is 11.0 Å². The first-order chi connectivity index (χ1) is 8.65. The van der Waals surface area contributed by atoms with Crippen LogP contribution in [0.5, 0.6) is 5.75 Å². The van der Waals surface area contributed by atoms with Gasteiger partial charge in [-0.25, -0.2) is 0 Å². The summed E-state index contributed by atoms with van der Waals surface area (Å²) in [5.41, 5.74) is 1.97. The molecule has 0 aliphatic heterocycles. The summed E-state index contributed by atoms with van der Waals surface area (Å²) in [6.07, 6.45) is 1.96. The minimum atomic E-state index is -0.313. The van der Waals surface area contributed by atoms with Gasteiger partial charge in [0.25, 0.3) is 0 Å². The quantitative estimate of drug-likeness (QED) is 0.641. The van der Waals surface area contributed by atoms with E-state index in [0.717, 1.165) is 20.9 Å². The van der Waals surface area contributed by atoms with Crippen LogP contribution in [0.2, 0.25) is 0 Å². The van der Waals surface area contributed by atoms with Crippen LogP contribution in [-0.2, 0) is 4.79 Å². The van der Waals surface area contributed by atoms with E-state index in [0.29, 0.717) is 5.75 Å². The van der Waals surface area contributed by atoms with Gasteiger partial charge in [0.1, 0.15) is 0 Å². The number of halogens is 1. The smallest absolute Gasteiger partial charge is 0.308 e. The number of esters is 1. The number of ether oxygens (including phenoxy) is 1. The summed E-state index contributed by atoms with van der Waals surface area (Å²) >= 11 is 3.45. The molecule has 1 aromatic carbocycles. The average Bonchev–Trinajstić information content (AvgIpc) is 2.77. The summed E-state index contributed by atoms with van der Waals surface area (Å²) < 4.78 is 8.27. The van der Waals surface area contributed by atoms with Crippen molar-refractivity contribution in [2.75, 3.05) is 0 Å². The Labute approximate surface area is 112 Å². The van der Waals surface area contributed by atoms with Crippen LogP contribution in [0.3, 0.4) is 0 Å². The minimum absolute atomic E-state index is 0.313. The van der Waals surface area contributed by atoms with Gasteiger partial charge in [-0.2, -0.15) is 0 Å². The molecule has 18 heavy (non-hydrogen) atoms. The van der Waals surface area contributed by atoms with E-state index in [9.17, 15) is 4.79 Å². The van der Waals surface area contributed by atoms with Crippen molar-refractivity contribution >= 4 is 38.3 Å². The second-order valence-electron chi connectivity index (χ2n) is 4.07. The van der Waals surface area contributed by atoms with Gasteiger partial charge in [0.15, 0.2) is 5.75 Å². The fourth-order valence-electron chi connectivity index (χ4n) is 2.10. The average molecular weight is 304 g/mol. The number of rotatable bonds is 1. The van der Waals surface area contributed by atoms with E-state index in [1.165, 1.54) is 6.92 Å². The Balaban J connectivity index is 2.39. The normalized spacial score (nSPS) is 11.0. The summed E-state index contributed by atoms with van der Waals surface area (Å²) in [6.45, 7) is 1.41. The maximum Gasteiger partial charge on any atom is 0.308 e.